The van der Waals surface area contributed by atoms with Crippen LogP contribution >= 0.6 is 11.6 Å². The van der Waals surface area contributed by atoms with Gasteiger partial charge < -0.3 is 11.1 Å². The zero-order valence-corrected chi connectivity index (χ0v) is 11.1. The largest absolute Gasteiger partial charge is 0.397 e. The van der Waals surface area contributed by atoms with E-state index >= 15 is 0 Å². The normalized spacial score (nSPS) is 13.4. The van der Waals surface area contributed by atoms with E-state index in [1.165, 1.54) is 29.7 Å². The van der Waals surface area contributed by atoms with Gasteiger partial charge in [-0.1, -0.05) is 17.7 Å². The maximum Gasteiger partial charge on any atom is 0.144 e. The molecule has 0 radical (unpaired) electrons. The second kappa shape index (κ2) is 4.74. The van der Waals surface area contributed by atoms with Crippen LogP contribution in [0.25, 0.3) is 0 Å². The number of rotatable bonds is 2. The van der Waals surface area contributed by atoms with Gasteiger partial charge in [0.25, 0.3) is 0 Å². The predicted molar refractivity (Wildman–Crippen MR) is 77.6 cm³/mol. The Morgan fingerprint density at radius 1 is 1.11 bits per heavy atom. The van der Waals surface area contributed by atoms with E-state index in [0.717, 1.165) is 18.5 Å². The van der Waals surface area contributed by atoms with Crippen molar-refractivity contribution in [3.05, 3.63) is 52.3 Å². The molecule has 2 aromatic rings. The highest BCUT2D eigenvalue weighted by molar-refractivity contribution is 6.31. The average molecular weight is 277 g/mol. The third-order valence-electron chi connectivity index (χ3n) is 3.47. The lowest BCUT2D eigenvalue weighted by atomic mass is 10.1. The van der Waals surface area contributed by atoms with E-state index in [9.17, 15) is 4.39 Å². The quantitative estimate of drug-likeness (QED) is 0.803. The summed E-state index contributed by atoms with van der Waals surface area (Å²) in [6.45, 7) is 0. The van der Waals surface area contributed by atoms with E-state index in [4.69, 9.17) is 17.3 Å². The summed E-state index contributed by atoms with van der Waals surface area (Å²) < 4.78 is 13.5. The summed E-state index contributed by atoms with van der Waals surface area (Å²) in [4.78, 5) is 0. The first-order valence-electron chi connectivity index (χ1n) is 6.27. The van der Waals surface area contributed by atoms with Crippen molar-refractivity contribution in [3.8, 4) is 0 Å². The monoisotopic (exact) mass is 276 g/mol. The van der Waals surface area contributed by atoms with Crippen LogP contribution in [-0.2, 0) is 12.8 Å². The van der Waals surface area contributed by atoms with Crippen LogP contribution in [-0.4, -0.2) is 0 Å². The molecular formula is C15H14ClFN2. The van der Waals surface area contributed by atoms with Crippen LogP contribution in [0.4, 0.5) is 21.5 Å². The van der Waals surface area contributed by atoms with Crippen LogP contribution in [0.5, 0.6) is 0 Å². The van der Waals surface area contributed by atoms with Crippen LogP contribution in [0.15, 0.2) is 30.3 Å². The maximum atomic E-state index is 13.5. The number of benzene rings is 2. The highest BCUT2D eigenvalue weighted by atomic mass is 35.5. The summed E-state index contributed by atoms with van der Waals surface area (Å²) >= 11 is 5.68. The van der Waals surface area contributed by atoms with Gasteiger partial charge >= 0.3 is 0 Å². The molecule has 0 saturated carbocycles. The van der Waals surface area contributed by atoms with Gasteiger partial charge in [-0.15, -0.1) is 0 Å². The molecule has 0 bridgehead atoms. The van der Waals surface area contributed by atoms with Crippen molar-refractivity contribution in [3.63, 3.8) is 0 Å². The van der Waals surface area contributed by atoms with E-state index in [1.807, 2.05) is 6.07 Å². The number of anilines is 3. The maximum absolute atomic E-state index is 13.5. The number of nitrogen functional groups attached to an aromatic ring is 1. The first-order chi connectivity index (χ1) is 9.13. The summed E-state index contributed by atoms with van der Waals surface area (Å²) in [7, 11) is 0. The smallest absolute Gasteiger partial charge is 0.144 e. The van der Waals surface area contributed by atoms with Gasteiger partial charge in [-0.25, -0.2) is 4.39 Å². The van der Waals surface area contributed by atoms with E-state index in [2.05, 4.69) is 17.4 Å². The highest BCUT2D eigenvalue weighted by Crippen LogP contribution is 2.31. The number of nitrogens with two attached hydrogens (primary N) is 1. The van der Waals surface area contributed by atoms with Crippen molar-refractivity contribution in [2.45, 2.75) is 19.3 Å². The topological polar surface area (TPSA) is 38.0 Å². The van der Waals surface area contributed by atoms with Crippen molar-refractivity contribution in [2.24, 2.45) is 0 Å². The zero-order chi connectivity index (χ0) is 13.4. The molecule has 0 amide bonds. The van der Waals surface area contributed by atoms with Crippen molar-refractivity contribution in [1.29, 1.82) is 0 Å². The zero-order valence-electron chi connectivity index (χ0n) is 10.3. The standard InChI is InChI=1S/C15H14ClFN2/c16-12-7-14(18)15(8-13(12)17)19-11-5-4-9-2-1-3-10(9)6-11/h4-8,19H,1-3,18H2. The Labute approximate surface area is 116 Å². The number of aryl methyl sites for hydroxylation is 2. The Kier molecular flexibility index (Phi) is 3.07. The van der Waals surface area contributed by atoms with Gasteiger partial charge in [-0.2, -0.15) is 0 Å². The molecule has 0 aromatic heterocycles. The Bertz CT molecular complexity index is 640. The molecule has 2 nitrogen and oxygen atoms in total. The van der Waals surface area contributed by atoms with Gasteiger partial charge in [0, 0.05) is 11.8 Å². The highest BCUT2D eigenvalue weighted by Gasteiger charge is 2.12. The fourth-order valence-corrected chi connectivity index (χ4v) is 2.65. The molecule has 3 rings (SSSR count). The molecule has 0 heterocycles. The van der Waals surface area contributed by atoms with Gasteiger partial charge in [0.05, 0.1) is 16.4 Å². The molecule has 2 aromatic carbocycles. The summed E-state index contributed by atoms with van der Waals surface area (Å²) in [5.74, 6) is -0.473. The van der Waals surface area contributed by atoms with E-state index in [1.54, 1.807) is 0 Å². The minimum Gasteiger partial charge on any atom is -0.397 e. The number of fused-ring (bicyclic) bond motifs is 1. The fourth-order valence-electron chi connectivity index (χ4n) is 2.48. The Morgan fingerprint density at radius 3 is 2.74 bits per heavy atom. The fraction of sp³-hybridized carbons (Fsp3) is 0.200. The second-order valence-corrected chi connectivity index (χ2v) is 5.22. The van der Waals surface area contributed by atoms with Crippen molar-refractivity contribution < 1.29 is 4.39 Å². The summed E-state index contributed by atoms with van der Waals surface area (Å²) in [6.07, 6.45) is 3.46. The first kappa shape index (κ1) is 12.3. The third kappa shape index (κ3) is 2.38. The molecule has 1 aliphatic rings. The molecule has 98 valence electrons. The number of nitrogens with one attached hydrogen (secondary N) is 1. The number of halogens is 2. The molecular weight excluding hydrogens is 263 g/mol. The van der Waals surface area contributed by atoms with Crippen LogP contribution in [0, 0.1) is 5.82 Å². The molecule has 0 spiro atoms. The summed E-state index contributed by atoms with van der Waals surface area (Å²) in [5.41, 5.74) is 10.5. The Balaban J connectivity index is 1.91. The average Bonchev–Trinajstić information content (AvgIpc) is 2.83. The van der Waals surface area contributed by atoms with Crippen molar-refractivity contribution >= 4 is 28.7 Å². The number of hydrogen-bond acceptors (Lipinski definition) is 2. The van der Waals surface area contributed by atoms with Crippen molar-refractivity contribution in [2.75, 3.05) is 11.1 Å². The van der Waals surface area contributed by atoms with Crippen LogP contribution in [0.3, 0.4) is 0 Å². The van der Waals surface area contributed by atoms with Gasteiger partial charge in [0.15, 0.2) is 0 Å². The van der Waals surface area contributed by atoms with Crippen LogP contribution in [0.2, 0.25) is 5.02 Å². The molecule has 0 aliphatic heterocycles. The minimum atomic E-state index is -0.473. The molecule has 1 aliphatic carbocycles. The third-order valence-corrected chi connectivity index (χ3v) is 3.76. The molecule has 0 saturated heterocycles. The molecule has 0 fully saturated rings. The summed E-state index contributed by atoms with van der Waals surface area (Å²) in [6, 6.07) is 8.97. The lowest BCUT2D eigenvalue weighted by Crippen LogP contribution is -1.98. The molecule has 4 heteroatoms. The molecule has 0 unspecified atom stereocenters. The summed E-state index contributed by atoms with van der Waals surface area (Å²) in [5, 5.41) is 3.19. The van der Waals surface area contributed by atoms with E-state index in [-0.39, 0.29) is 5.02 Å². The predicted octanol–water partition coefficient (Wildman–Crippen LogP) is 4.29. The molecule has 0 atom stereocenters. The lowest BCUT2D eigenvalue weighted by Gasteiger charge is -2.11. The van der Waals surface area contributed by atoms with Gasteiger partial charge in [0.1, 0.15) is 5.82 Å². The van der Waals surface area contributed by atoms with Crippen LogP contribution < -0.4 is 11.1 Å². The van der Waals surface area contributed by atoms with Crippen LogP contribution in [0.1, 0.15) is 17.5 Å². The van der Waals surface area contributed by atoms with Crippen molar-refractivity contribution in [1.82, 2.24) is 0 Å². The van der Waals surface area contributed by atoms with Gasteiger partial charge in [0.2, 0.25) is 0 Å². The van der Waals surface area contributed by atoms with E-state index < -0.39 is 5.82 Å². The molecule has 19 heavy (non-hydrogen) atoms. The number of hydrogen-bond donors (Lipinski definition) is 2. The minimum absolute atomic E-state index is 0.0389. The SMILES string of the molecule is Nc1cc(Cl)c(F)cc1Nc1ccc2c(c1)CCC2. The van der Waals surface area contributed by atoms with Gasteiger partial charge in [-0.05, 0) is 48.6 Å². The Hall–Kier alpha value is -1.74. The lowest BCUT2D eigenvalue weighted by molar-refractivity contribution is 0.629. The first-order valence-corrected chi connectivity index (χ1v) is 6.64. The Morgan fingerprint density at radius 2 is 1.89 bits per heavy atom. The second-order valence-electron chi connectivity index (χ2n) is 4.82. The molecule has 3 N–H and O–H groups in total. The van der Waals surface area contributed by atoms with Gasteiger partial charge in [-0.3, -0.25) is 0 Å². The van der Waals surface area contributed by atoms with E-state index in [0.29, 0.717) is 11.4 Å².